The van der Waals surface area contributed by atoms with Crippen LogP contribution in [0.4, 0.5) is 0 Å². The molecule has 1 N–H and O–H groups in total. The minimum absolute atomic E-state index is 0.242. The second kappa shape index (κ2) is 8.26. The minimum Gasteiger partial charge on any atom is -0.414 e. The van der Waals surface area contributed by atoms with Crippen molar-refractivity contribution in [2.75, 3.05) is 6.61 Å². The molecule has 0 bridgehead atoms. The molecule has 0 radical (unpaired) electrons. The first-order valence-electron chi connectivity index (χ1n) is 6.87. The van der Waals surface area contributed by atoms with E-state index in [0.717, 1.165) is 12.8 Å². The Morgan fingerprint density at radius 1 is 1.06 bits per heavy atom. The Morgan fingerprint density at radius 2 is 1.56 bits per heavy atom. The molecule has 0 aromatic carbocycles. The van der Waals surface area contributed by atoms with Crippen molar-refractivity contribution in [3.8, 4) is 0 Å². The van der Waals surface area contributed by atoms with Crippen molar-refractivity contribution in [1.82, 2.24) is 0 Å². The summed E-state index contributed by atoms with van der Waals surface area (Å²) in [6.07, 6.45) is 2.48. The Labute approximate surface area is 103 Å². The van der Waals surface area contributed by atoms with Gasteiger partial charge in [-0.2, -0.15) is 0 Å². The Hall–Kier alpha value is 0.137. The molecule has 2 nitrogen and oxygen atoms in total. The predicted octanol–water partition coefficient (Wildman–Crippen LogP) is 3.81. The topological polar surface area (TPSA) is 29.5 Å². The molecule has 0 heterocycles. The van der Waals surface area contributed by atoms with Gasteiger partial charge in [0.2, 0.25) is 0 Å². The van der Waals surface area contributed by atoms with E-state index in [1.807, 2.05) is 0 Å². The van der Waals surface area contributed by atoms with Crippen LogP contribution in [0.2, 0.25) is 18.1 Å². The van der Waals surface area contributed by atoms with E-state index in [-0.39, 0.29) is 18.6 Å². The third-order valence-corrected chi connectivity index (χ3v) is 8.50. The molecule has 0 amide bonds. The lowest BCUT2D eigenvalue weighted by atomic mass is 10.0. The van der Waals surface area contributed by atoms with Gasteiger partial charge in [-0.25, -0.2) is 0 Å². The average molecular weight is 246 g/mol. The standard InChI is InChI=1S/C13H30O2Si/c1-6-10-13(12(5)11-14)15-16(7-2,8-3)9-4/h12-14H,6-11H2,1-5H3/t12-,13-/m0/s1. The molecule has 0 aromatic rings. The van der Waals surface area contributed by atoms with Gasteiger partial charge in [0.25, 0.3) is 0 Å². The average Bonchev–Trinajstić information content (AvgIpc) is 2.34. The van der Waals surface area contributed by atoms with E-state index in [0.29, 0.717) is 0 Å². The summed E-state index contributed by atoms with van der Waals surface area (Å²) in [6.45, 7) is 11.3. The monoisotopic (exact) mass is 246 g/mol. The molecule has 0 aliphatic carbocycles. The van der Waals surface area contributed by atoms with Gasteiger partial charge in [-0.3, -0.25) is 0 Å². The second-order valence-corrected chi connectivity index (χ2v) is 9.57. The van der Waals surface area contributed by atoms with Crippen LogP contribution in [-0.2, 0) is 4.43 Å². The highest BCUT2D eigenvalue weighted by molar-refractivity contribution is 6.73. The van der Waals surface area contributed by atoms with Gasteiger partial charge < -0.3 is 9.53 Å². The summed E-state index contributed by atoms with van der Waals surface area (Å²) < 4.78 is 6.46. The first-order valence-corrected chi connectivity index (χ1v) is 9.40. The summed E-state index contributed by atoms with van der Waals surface area (Å²) in [5.41, 5.74) is 0. The second-order valence-electron chi connectivity index (χ2n) is 4.85. The Morgan fingerprint density at radius 3 is 1.88 bits per heavy atom. The van der Waals surface area contributed by atoms with Crippen LogP contribution in [-0.4, -0.2) is 26.1 Å². The van der Waals surface area contributed by atoms with Crippen molar-refractivity contribution in [3.05, 3.63) is 0 Å². The van der Waals surface area contributed by atoms with Crippen LogP contribution >= 0.6 is 0 Å². The van der Waals surface area contributed by atoms with E-state index in [1.54, 1.807) is 0 Å². The summed E-state index contributed by atoms with van der Waals surface area (Å²) in [5.74, 6) is 0.275. The summed E-state index contributed by atoms with van der Waals surface area (Å²) >= 11 is 0. The highest BCUT2D eigenvalue weighted by Gasteiger charge is 2.33. The SMILES string of the molecule is CCC[C@H](O[Si](CC)(CC)CC)[C@@H](C)CO. The third kappa shape index (κ3) is 4.56. The maximum absolute atomic E-state index is 9.28. The summed E-state index contributed by atoms with van der Waals surface area (Å²) in [6, 6.07) is 3.58. The molecule has 0 saturated carbocycles. The van der Waals surface area contributed by atoms with E-state index < -0.39 is 8.32 Å². The fourth-order valence-electron chi connectivity index (χ4n) is 2.18. The number of aliphatic hydroxyl groups excluding tert-OH is 1. The lowest BCUT2D eigenvalue weighted by Gasteiger charge is -2.35. The van der Waals surface area contributed by atoms with Gasteiger partial charge in [0.05, 0.1) is 0 Å². The fraction of sp³-hybridized carbons (Fsp3) is 1.00. The molecule has 2 atom stereocenters. The lowest BCUT2D eigenvalue weighted by Crippen LogP contribution is -2.42. The van der Waals surface area contributed by atoms with E-state index >= 15 is 0 Å². The van der Waals surface area contributed by atoms with Crippen LogP contribution in [0.1, 0.15) is 47.5 Å². The molecular weight excluding hydrogens is 216 g/mol. The molecule has 16 heavy (non-hydrogen) atoms. The van der Waals surface area contributed by atoms with Gasteiger partial charge in [-0.1, -0.05) is 41.0 Å². The van der Waals surface area contributed by atoms with Crippen molar-refractivity contribution in [2.24, 2.45) is 5.92 Å². The van der Waals surface area contributed by atoms with Gasteiger partial charge >= 0.3 is 0 Å². The first-order chi connectivity index (χ1) is 7.59. The molecule has 0 aromatic heterocycles. The number of aliphatic hydroxyl groups is 1. The molecule has 3 heteroatoms. The summed E-state index contributed by atoms with van der Waals surface area (Å²) in [5, 5.41) is 9.28. The van der Waals surface area contributed by atoms with Crippen LogP contribution in [0.25, 0.3) is 0 Å². The van der Waals surface area contributed by atoms with Crippen molar-refractivity contribution in [3.63, 3.8) is 0 Å². The molecule has 0 aliphatic heterocycles. The zero-order valence-corrected chi connectivity index (χ0v) is 12.8. The van der Waals surface area contributed by atoms with Crippen molar-refractivity contribution < 1.29 is 9.53 Å². The Bertz CT molecular complexity index is 161. The van der Waals surface area contributed by atoms with Crippen LogP contribution < -0.4 is 0 Å². The Kier molecular flexibility index (Phi) is 8.33. The van der Waals surface area contributed by atoms with Gasteiger partial charge in [0.15, 0.2) is 8.32 Å². The molecule has 0 aliphatic rings. The van der Waals surface area contributed by atoms with Crippen LogP contribution in [0.15, 0.2) is 0 Å². The zero-order chi connectivity index (χ0) is 12.6. The van der Waals surface area contributed by atoms with E-state index in [1.165, 1.54) is 18.1 Å². The maximum Gasteiger partial charge on any atom is 0.192 e. The van der Waals surface area contributed by atoms with Gasteiger partial charge in [-0.15, -0.1) is 0 Å². The quantitative estimate of drug-likeness (QED) is 0.627. The van der Waals surface area contributed by atoms with E-state index in [4.69, 9.17) is 4.43 Å². The number of hydrogen-bond donors (Lipinski definition) is 1. The number of hydrogen-bond acceptors (Lipinski definition) is 2. The normalized spacial score (nSPS) is 16.1. The third-order valence-electron chi connectivity index (χ3n) is 3.83. The predicted molar refractivity (Wildman–Crippen MR) is 73.2 cm³/mol. The van der Waals surface area contributed by atoms with Crippen LogP contribution in [0.5, 0.6) is 0 Å². The van der Waals surface area contributed by atoms with Crippen molar-refractivity contribution in [2.45, 2.75) is 71.7 Å². The fourth-order valence-corrected chi connectivity index (χ4v) is 5.18. The van der Waals surface area contributed by atoms with Gasteiger partial charge in [0.1, 0.15) is 0 Å². The van der Waals surface area contributed by atoms with E-state index in [2.05, 4.69) is 34.6 Å². The highest BCUT2D eigenvalue weighted by atomic mass is 28.4. The first kappa shape index (κ1) is 16.1. The Balaban J connectivity index is 4.56. The van der Waals surface area contributed by atoms with Gasteiger partial charge in [0, 0.05) is 18.6 Å². The maximum atomic E-state index is 9.28. The minimum atomic E-state index is -1.51. The largest absolute Gasteiger partial charge is 0.414 e. The highest BCUT2D eigenvalue weighted by Crippen LogP contribution is 2.27. The zero-order valence-electron chi connectivity index (χ0n) is 11.8. The molecule has 0 rings (SSSR count). The van der Waals surface area contributed by atoms with Crippen molar-refractivity contribution in [1.29, 1.82) is 0 Å². The lowest BCUT2D eigenvalue weighted by molar-refractivity contribution is 0.0804. The van der Waals surface area contributed by atoms with Crippen LogP contribution in [0.3, 0.4) is 0 Å². The molecule has 98 valence electrons. The molecule has 0 saturated heterocycles. The van der Waals surface area contributed by atoms with Crippen LogP contribution in [0, 0.1) is 5.92 Å². The smallest absolute Gasteiger partial charge is 0.192 e. The summed E-state index contributed by atoms with van der Waals surface area (Å²) in [7, 11) is -1.51. The molecular formula is C13H30O2Si. The molecule has 0 fully saturated rings. The van der Waals surface area contributed by atoms with Crippen molar-refractivity contribution >= 4 is 8.32 Å². The van der Waals surface area contributed by atoms with Gasteiger partial charge in [-0.05, 0) is 24.6 Å². The molecule has 0 spiro atoms. The number of rotatable bonds is 9. The summed E-state index contributed by atoms with van der Waals surface area (Å²) in [4.78, 5) is 0. The molecule has 0 unspecified atom stereocenters. The van der Waals surface area contributed by atoms with E-state index in [9.17, 15) is 5.11 Å².